The first-order valence-electron chi connectivity index (χ1n) is 4.95. The van der Waals surface area contributed by atoms with Crippen molar-refractivity contribution >= 4 is 5.91 Å². The molecule has 0 saturated heterocycles. The molecule has 0 aromatic heterocycles. The van der Waals surface area contributed by atoms with E-state index in [-0.39, 0.29) is 5.91 Å². The first-order chi connectivity index (χ1) is 5.74. The average molecular weight is 171 g/mol. The van der Waals surface area contributed by atoms with Crippen molar-refractivity contribution in [2.75, 3.05) is 7.05 Å². The summed E-state index contributed by atoms with van der Waals surface area (Å²) in [5.41, 5.74) is 0. The molecule has 0 fully saturated rings. The summed E-state index contributed by atoms with van der Waals surface area (Å²) in [5, 5.41) is 2.64. The van der Waals surface area contributed by atoms with Gasteiger partial charge in [-0.1, -0.05) is 26.7 Å². The van der Waals surface area contributed by atoms with Crippen molar-refractivity contribution < 1.29 is 4.79 Å². The van der Waals surface area contributed by atoms with Crippen LogP contribution in [0, 0.1) is 5.92 Å². The monoisotopic (exact) mass is 171 g/mol. The lowest BCUT2D eigenvalue weighted by atomic mass is 9.97. The molecule has 0 atom stereocenters. The lowest BCUT2D eigenvalue weighted by Gasteiger charge is -2.10. The lowest BCUT2D eigenvalue weighted by molar-refractivity contribution is -0.120. The van der Waals surface area contributed by atoms with Crippen LogP contribution in [-0.4, -0.2) is 13.0 Å². The molecule has 0 spiro atoms. The van der Waals surface area contributed by atoms with Crippen LogP contribution in [0.25, 0.3) is 0 Å². The maximum absolute atomic E-state index is 10.9. The predicted molar refractivity (Wildman–Crippen MR) is 52.0 cm³/mol. The third-order valence-corrected chi connectivity index (χ3v) is 2.45. The molecular formula is C10H21NO. The average Bonchev–Trinajstić information content (AvgIpc) is 2.12. The van der Waals surface area contributed by atoms with Gasteiger partial charge >= 0.3 is 0 Å². The molecule has 0 bridgehead atoms. The second kappa shape index (κ2) is 7.14. The highest BCUT2D eigenvalue weighted by Crippen LogP contribution is 2.15. The topological polar surface area (TPSA) is 29.1 Å². The Morgan fingerprint density at radius 2 is 1.92 bits per heavy atom. The SMILES string of the molecule is CCC(CC)CCCC(=O)NC. The number of hydrogen-bond acceptors (Lipinski definition) is 1. The highest BCUT2D eigenvalue weighted by Gasteiger charge is 2.04. The van der Waals surface area contributed by atoms with Crippen LogP contribution in [0.15, 0.2) is 0 Å². The van der Waals surface area contributed by atoms with Gasteiger partial charge in [-0.25, -0.2) is 0 Å². The fourth-order valence-electron chi connectivity index (χ4n) is 1.37. The van der Waals surface area contributed by atoms with Crippen LogP contribution < -0.4 is 5.32 Å². The highest BCUT2D eigenvalue weighted by molar-refractivity contribution is 5.75. The van der Waals surface area contributed by atoms with Crippen LogP contribution in [0.2, 0.25) is 0 Å². The largest absolute Gasteiger partial charge is 0.359 e. The van der Waals surface area contributed by atoms with Crippen LogP contribution >= 0.6 is 0 Å². The van der Waals surface area contributed by atoms with E-state index in [1.807, 2.05) is 0 Å². The molecule has 0 aliphatic heterocycles. The Morgan fingerprint density at radius 3 is 2.33 bits per heavy atom. The van der Waals surface area contributed by atoms with Gasteiger partial charge in [-0.3, -0.25) is 4.79 Å². The van der Waals surface area contributed by atoms with Crippen molar-refractivity contribution in [2.24, 2.45) is 5.92 Å². The zero-order valence-electron chi connectivity index (χ0n) is 8.52. The van der Waals surface area contributed by atoms with Gasteiger partial charge in [0.1, 0.15) is 0 Å². The molecule has 1 amide bonds. The lowest BCUT2D eigenvalue weighted by Crippen LogP contribution is -2.17. The van der Waals surface area contributed by atoms with Gasteiger partial charge in [-0.2, -0.15) is 0 Å². The molecule has 0 radical (unpaired) electrons. The van der Waals surface area contributed by atoms with Gasteiger partial charge < -0.3 is 5.32 Å². The van der Waals surface area contributed by atoms with E-state index in [4.69, 9.17) is 0 Å². The van der Waals surface area contributed by atoms with Crippen molar-refractivity contribution in [1.82, 2.24) is 5.32 Å². The molecule has 2 heteroatoms. The van der Waals surface area contributed by atoms with Gasteiger partial charge in [0.25, 0.3) is 0 Å². The number of rotatable bonds is 6. The summed E-state index contributed by atoms with van der Waals surface area (Å²) in [6, 6.07) is 0. The maximum atomic E-state index is 10.9. The predicted octanol–water partition coefficient (Wildman–Crippen LogP) is 2.34. The van der Waals surface area contributed by atoms with Crippen molar-refractivity contribution in [3.63, 3.8) is 0 Å². The summed E-state index contributed by atoms with van der Waals surface area (Å²) in [7, 11) is 1.69. The van der Waals surface area contributed by atoms with Crippen LogP contribution in [0.1, 0.15) is 46.0 Å². The maximum Gasteiger partial charge on any atom is 0.219 e. The Morgan fingerprint density at radius 1 is 1.33 bits per heavy atom. The minimum Gasteiger partial charge on any atom is -0.359 e. The quantitative estimate of drug-likeness (QED) is 0.653. The summed E-state index contributed by atoms with van der Waals surface area (Å²) in [4.78, 5) is 10.9. The van der Waals surface area contributed by atoms with E-state index in [1.165, 1.54) is 19.3 Å². The first kappa shape index (κ1) is 11.5. The minimum atomic E-state index is 0.168. The van der Waals surface area contributed by atoms with Crippen LogP contribution in [0.3, 0.4) is 0 Å². The molecule has 72 valence electrons. The second-order valence-corrected chi connectivity index (χ2v) is 3.25. The molecular weight excluding hydrogens is 150 g/mol. The highest BCUT2D eigenvalue weighted by atomic mass is 16.1. The number of hydrogen-bond donors (Lipinski definition) is 1. The molecule has 0 aromatic carbocycles. The molecule has 0 aromatic rings. The normalized spacial score (nSPS) is 10.3. The molecule has 1 N–H and O–H groups in total. The zero-order valence-corrected chi connectivity index (χ0v) is 8.52. The van der Waals surface area contributed by atoms with Gasteiger partial charge in [-0.05, 0) is 18.8 Å². The molecule has 0 heterocycles. The van der Waals surface area contributed by atoms with Crippen LogP contribution in [0.5, 0.6) is 0 Å². The standard InChI is InChI=1S/C10H21NO/c1-4-9(5-2)7-6-8-10(12)11-3/h9H,4-8H2,1-3H3,(H,11,12). The van der Waals surface area contributed by atoms with E-state index in [9.17, 15) is 4.79 Å². The van der Waals surface area contributed by atoms with Gasteiger partial charge in [-0.15, -0.1) is 0 Å². The summed E-state index contributed by atoms with van der Waals surface area (Å²) >= 11 is 0. The van der Waals surface area contributed by atoms with Gasteiger partial charge in [0.15, 0.2) is 0 Å². The van der Waals surface area contributed by atoms with Gasteiger partial charge in [0.05, 0.1) is 0 Å². The first-order valence-corrected chi connectivity index (χ1v) is 4.95. The van der Waals surface area contributed by atoms with Crippen molar-refractivity contribution in [1.29, 1.82) is 0 Å². The van der Waals surface area contributed by atoms with Crippen molar-refractivity contribution in [3.05, 3.63) is 0 Å². The number of amides is 1. The van der Waals surface area contributed by atoms with E-state index in [0.717, 1.165) is 12.3 Å². The Bertz CT molecular complexity index is 119. The molecule has 2 nitrogen and oxygen atoms in total. The summed E-state index contributed by atoms with van der Waals surface area (Å²) in [5.74, 6) is 0.982. The van der Waals surface area contributed by atoms with E-state index in [1.54, 1.807) is 7.05 Å². The number of carbonyl (C=O) groups is 1. The van der Waals surface area contributed by atoms with Gasteiger partial charge in [0, 0.05) is 13.5 Å². The van der Waals surface area contributed by atoms with Crippen molar-refractivity contribution in [2.45, 2.75) is 46.0 Å². The minimum absolute atomic E-state index is 0.168. The fourth-order valence-corrected chi connectivity index (χ4v) is 1.37. The molecule has 0 aliphatic carbocycles. The third kappa shape index (κ3) is 5.16. The number of nitrogens with one attached hydrogen (secondary N) is 1. The van der Waals surface area contributed by atoms with E-state index < -0.39 is 0 Å². The van der Waals surface area contributed by atoms with Gasteiger partial charge in [0.2, 0.25) is 5.91 Å². The fraction of sp³-hybridized carbons (Fsp3) is 0.900. The summed E-state index contributed by atoms with van der Waals surface area (Å²) in [6.07, 6.45) is 5.40. The van der Waals surface area contributed by atoms with Crippen LogP contribution in [0.4, 0.5) is 0 Å². The Balaban J connectivity index is 3.34. The third-order valence-electron chi connectivity index (χ3n) is 2.45. The second-order valence-electron chi connectivity index (χ2n) is 3.25. The summed E-state index contributed by atoms with van der Waals surface area (Å²) in [6.45, 7) is 4.43. The van der Waals surface area contributed by atoms with Crippen molar-refractivity contribution in [3.8, 4) is 0 Å². The Hall–Kier alpha value is -0.530. The Kier molecular flexibility index (Phi) is 6.82. The molecule has 0 saturated carbocycles. The molecule has 0 unspecified atom stereocenters. The molecule has 0 rings (SSSR count). The zero-order chi connectivity index (χ0) is 9.40. The number of carbonyl (C=O) groups excluding carboxylic acids is 1. The molecule has 12 heavy (non-hydrogen) atoms. The Labute approximate surface area is 75.7 Å². The van der Waals surface area contributed by atoms with E-state index in [2.05, 4.69) is 19.2 Å². The molecule has 0 aliphatic rings. The van der Waals surface area contributed by atoms with E-state index in [0.29, 0.717) is 6.42 Å². The summed E-state index contributed by atoms with van der Waals surface area (Å²) < 4.78 is 0. The smallest absolute Gasteiger partial charge is 0.219 e. The van der Waals surface area contributed by atoms with Crippen LogP contribution in [-0.2, 0) is 4.79 Å². The van der Waals surface area contributed by atoms with E-state index >= 15 is 0 Å².